The Bertz CT molecular complexity index is 595. The molecule has 5 heteroatoms. The van der Waals surface area contributed by atoms with Gasteiger partial charge in [-0.2, -0.15) is 5.10 Å². The van der Waals surface area contributed by atoms with E-state index in [9.17, 15) is 0 Å². The van der Waals surface area contributed by atoms with E-state index in [2.05, 4.69) is 59.2 Å². The summed E-state index contributed by atoms with van der Waals surface area (Å²) in [7, 11) is 0. The number of hydrogen-bond donors (Lipinski definition) is 1. The topological polar surface area (TPSA) is 29.9 Å². The Kier molecular flexibility index (Phi) is 4.57. The minimum Gasteiger partial charge on any atom is -0.308 e. The molecule has 0 unspecified atom stereocenters. The molecule has 1 aromatic heterocycles. The molecule has 0 amide bonds. The maximum absolute atomic E-state index is 6.05. The van der Waals surface area contributed by atoms with Crippen molar-refractivity contribution in [3.63, 3.8) is 0 Å². The van der Waals surface area contributed by atoms with Crippen LogP contribution in [0.1, 0.15) is 32.0 Å². The van der Waals surface area contributed by atoms with Gasteiger partial charge < -0.3 is 5.32 Å². The smallest absolute Gasteiger partial charge is 0.0819 e. The van der Waals surface area contributed by atoms with Crippen molar-refractivity contribution in [2.45, 2.75) is 39.8 Å². The first-order valence-electron chi connectivity index (χ1n) is 6.52. The summed E-state index contributed by atoms with van der Waals surface area (Å²) in [5, 5.41) is 8.54. The lowest BCUT2D eigenvalue weighted by Gasteiger charge is -2.21. The maximum atomic E-state index is 6.05. The lowest BCUT2D eigenvalue weighted by Crippen LogP contribution is -2.35. The summed E-state index contributed by atoms with van der Waals surface area (Å²) in [6.45, 7) is 9.19. The van der Waals surface area contributed by atoms with Crippen molar-refractivity contribution in [3.8, 4) is 5.69 Å². The third-order valence-electron chi connectivity index (χ3n) is 2.95. The van der Waals surface area contributed by atoms with E-state index in [1.54, 1.807) is 4.68 Å². The summed E-state index contributed by atoms with van der Waals surface area (Å²) in [4.78, 5) is 0. The van der Waals surface area contributed by atoms with Crippen LogP contribution in [0.4, 0.5) is 0 Å². The monoisotopic (exact) mass is 355 g/mol. The molecule has 0 saturated heterocycles. The van der Waals surface area contributed by atoms with Crippen LogP contribution in [-0.2, 0) is 6.54 Å². The van der Waals surface area contributed by atoms with Gasteiger partial charge in [0.15, 0.2) is 0 Å². The molecule has 1 heterocycles. The number of nitrogens with zero attached hydrogens (tertiary/aromatic N) is 2. The molecule has 0 bridgehead atoms. The van der Waals surface area contributed by atoms with Gasteiger partial charge in [-0.05, 0) is 45.4 Å². The standard InChI is InChI=1S/C15H19BrClN3/c1-10-14(17)9-20(19-10)12-6-5-11(13(16)7-12)8-18-15(2,3)4/h5-7,9,18H,8H2,1-4H3. The average molecular weight is 357 g/mol. The van der Waals surface area contributed by atoms with Gasteiger partial charge in [-0.15, -0.1) is 0 Å². The number of nitrogens with one attached hydrogen (secondary N) is 1. The Morgan fingerprint density at radius 3 is 2.55 bits per heavy atom. The second-order valence-corrected chi connectivity index (χ2v) is 7.15. The fourth-order valence-corrected chi connectivity index (χ4v) is 2.39. The van der Waals surface area contributed by atoms with E-state index in [4.69, 9.17) is 11.6 Å². The van der Waals surface area contributed by atoms with Gasteiger partial charge in [0, 0.05) is 22.8 Å². The Morgan fingerprint density at radius 2 is 2.05 bits per heavy atom. The molecule has 1 N–H and O–H groups in total. The van der Waals surface area contributed by atoms with Crippen molar-refractivity contribution in [1.82, 2.24) is 15.1 Å². The summed E-state index contributed by atoms with van der Waals surface area (Å²) in [5.74, 6) is 0. The van der Waals surface area contributed by atoms with Crippen LogP contribution in [0.5, 0.6) is 0 Å². The molecule has 0 aliphatic carbocycles. The summed E-state index contributed by atoms with van der Waals surface area (Å²) in [5.41, 5.74) is 3.15. The number of halogens is 2. The van der Waals surface area contributed by atoms with E-state index in [-0.39, 0.29) is 5.54 Å². The minimum absolute atomic E-state index is 0.102. The van der Waals surface area contributed by atoms with Gasteiger partial charge in [0.05, 0.1) is 16.4 Å². The van der Waals surface area contributed by atoms with Crippen LogP contribution in [0, 0.1) is 6.92 Å². The third-order valence-corrected chi connectivity index (χ3v) is 4.06. The zero-order valence-electron chi connectivity index (χ0n) is 12.2. The molecular weight excluding hydrogens is 338 g/mol. The van der Waals surface area contributed by atoms with Crippen molar-refractivity contribution >= 4 is 27.5 Å². The van der Waals surface area contributed by atoms with E-state index >= 15 is 0 Å². The van der Waals surface area contributed by atoms with Gasteiger partial charge in [-0.1, -0.05) is 33.6 Å². The number of hydrogen-bond acceptors (Lipinski definition) is 2. The Balaban J connectivity index is 2.21. The van der Waals surface area contributed by atoms with E-state index in [0.29, 0.717) is 5.02 Å². The zero-order chi connectivity index (χ0) is 14.9. The molecule has 0 saturated carbocycles. The van der Waals surface area contributed by atoms with E-state index < -0.39 is 0 Å². The predicted octanol–water partition coefficient (Wildman–Crippen LogP) is 4.48. The van der Waals surface area contributed by atoms with Crippen molar-refractivity contribution in [1.29, 1.82) is 0 Å². The highest BCUT2D eigenvalue weighted by atomic mass is 79.9. The molecule has 2 aromatic rings. The first-order valence-corrected chi connectivity index (χ1v) is 7.69. The third kappa shape index (κ3) is 3.84. The zero-order valence-corrected chi connectivity index (χ0v) is 14.5. The molecule has 0 fully saturated rings. The van der Waals surface area contributed by atoms with Crippen molar-refractivity contribution in [2.24, 2.45) is 0 Å². The van der Waals surface area contributed by atoms with Crippen molar-refractivity contribution in [3.05, 3.63) is 45.1 Å². The molecule has 0 aliphatic heterocycles. The number of aryl methyl sites for hydroxylation is 1. The van der Waals surface area contributed by atoms with E-state index in [0.717, 1.165) is 22.4 Å². The van der Waals surface area contributed by atoms with Gasteiger partial charge in [0.1, 0.15) is 0 Å². The second kappa shape index (κ2) is 5.88. The molecular formula is C15H19BrClN3. The number of rotatable bonds is 3. The largest absolute Gasteiger partial charge is 0.308 e. The first-order chi connectivity index (χ1) is 9.26. The number of aromatic nitrogens is 2. The Morgan fingerprint density at radius 1 is 1.35 bits per heavy atom. The Hall–Kier alpha value is -0.840. The van der Waals surface area contributed by atoms with Crippen LogP contribution in [0.2, 0.25) is 5.02 Å². The molecule has 20 heavy (non-hydrogen) atoms. The van der Waals surface area contributed by atoms with Gasteiger partial charge in [0.2, 0.25) is 0 Å². The van der Waals surface area contributed by atoms with Gasteiger partial charge in [-0.25, -0.2) is 4.68 Å². The summed E-state index contributed by atoms with van der Waals surface area (Å²) in [6, 6.07) is 6.21. The molecule has 0 radical (unpaired) electrons. The van der Waals surface area contributed by atoms with Crippen LogP contribution in [-0.4, -0.2) is 15.3 Å². The van der Waals surface area contributed by atoms with Crippen LogP contribution in [0.3, 0.4) is 0 Å². The average Bonchev–Trinajstić information content (AvgIpc) is 2.67. The molecule has 108 valence electrons. The van der Waals surface area contributed by atoms with Gasteiger partial charge in [0.25, 0.3) is 0 Å². The SMILES string of the molecule is Cc1nn(-c2ccc(CNC(C)(C)C)c(Br)c2)cc1Cl. The highest BCUT2D eigenvalue weighted by molar-refractivity contribution is 9.10. The van der Waals surface area contributed by atoms with Gasteiger partial charge >= 0.3 is 0 Å². The molecule has 0 atom stereocenters. The van der Waals surface area contributed by atoms with Crippen LogP contribution < -0.4 is 5.32 Å². The molecule has 3 nitrogen and oxygen atoms in total. The highest BCUT2D eigenvalue weighted by Gasteiger charge is 2.11. The van der Waals surface area contributed by atoms with Crippen molar-refractivity contribution in [2.75, 3.05) is 0 Å². The summed E-state index contributed by atoms with van der Waals surface area (Å²) >= 11 is 9.67. The van der Waals surface area contributed by atoms with Gasteiger partial charge in [-0.3, -0.25) is 0 Å². The molecule has 2 rings (SSSR count). The fourth-order valence-electron chi connectivity index (χ4n) is 1.75. The lowest BCUT2D eigenvalue weighted by molar-refractivity contribution is 0.424. The molecule has 1 aromatic carbocycles. The summed E-state index contributed by atoms with van der Waals surface area (Å²) < 4.78 is 2.86. The van der Waals surface area contributed by atoms with Crippen LogP contribution in [0.15, 0.2) is 28.9 Å². The molecule has 0 spiro atoms. The molecule has 0 aliphatic rings. The predicted molar refractivity (Wildman–Crippen MR) is 87.6 cm³/mol. The quantitative estimate of drug-likeness (QED) is 0.878. The number of benzene rings is 1. The minimum atomic E-state index is 0.102. The Labute approximate surface area is 133 Å². The fraction of sp³-hybridized carbons (Fsp3) is 0.400. The van der Waals surface area contributed by atoms with Crippen LogP contribution in [0.25, 0.3) is 5.69 Å². The summed E-state index contributed by atoms with van der Waals surface area (Å²) in [6.07, 6.45) is 1.83. The van der Waals surface area contributed by atoms with E-state index in [1.807, 2.05) is 19.2 Å². The highest BCUT2D eigenvalue weighted by Crippen LogP contribution is 2.23. The maximum Gasteiger partial charge on any atom is 0.0819 e. The van der Waals surface area contributed by atoms with Crippen molar-refractivity contribution < 1.29 is 0 Å². The van der Waals surface area contributed by atoms with Crippen LogP contribution >= 0.6 is 27.5 Å². The second-order valence-electron chi connectivity index (χ2n) is 5.89. The first kappa shape index (κ1) is 15.5. The van der Waals surface area contributed by atoms with E-state index in [1.165, 1.54) is 5.56 Å². The normalized spacial score (nSPS) is 11.9. The lowest BCUT2D eigenvalue weighted by atomic mass is 10.1.